The lowest BCUT2D eigenvalue weighted by Gasteiger charge is -1.98. The molecule has 2 heterocycles. The smallest absolute Gasteiger partial charge is 0.290 e. The summed E-state index contributed by atoms with van der Waals surface area (Å²) >= 11 is 0. The predicted molar refractivity (Wildman–Crippen MR) is 54.2 cm³/mol. The second-order valence-electron chi connectivity index (χ2n) is 3.00. The lowest BCUT2D eigenvalue weighted by atomic mass is 10.4. The van der Waals surface area contributed by atoms with Crippen LogP contribution in [-0.4, -0.2) is 25.5 Å². The molecule has 0 saturated carbocycles. The van der Waals surface area contributed by atoms with Crippen molar-refractivity contribution in [2.24, 2.45) is 0 Å². The third-order valence-corrected chi connectivity index (χ3v) is 2.07. The highest BCUT2D eigenvalue weighted by atomic mass is 16.5. The van der Waals surface area contributed by atoms with Crippen molar-refractivity contribution in [3.8, 4) is 0 Å². The average molecular weight is 218 g/mol. The number of pyridine rings is 1. The van der Waals surface area contributed by atoms with Crippen molar-refractivity contribution in [3.05, 3.63) is 45.3 Å². The summed E-state index contributed by atoms with van der Waals surface area (Å²) in [6, 6.07) is 4.76. The number of carbonyl (C=O) groups excluding carboxylic acids is 1. The van der Waals surface area contributed by atoms with Gasteiger partial charge in [0.15, 0.2) is 16.5 Å². The molecule has 0 aromatic carbocycles. The van der Waals surface area contributed by atoms with E-state index in [9.17, 15) is 9.59 Å². The molecule has 2 rings (SSSR count). The van der Waals surface area contributed by atoms with E-state index in [0.717, 1.165) is 0 Å². The van der Waals surface area contributed by atoms with Crippen molar-refractivity contribution in [2.45, 2.75) is 0 Å². The van der Waals surface area contributed by atoms with Crippen LogP contribution in [-0.2, 0) is 4.79 Å². The second-order valence-corrected chi connectivity index (χ2v) is 3.00. The minimum Gasteiger partial charge on any atom is -0.480 e. The first kappa shape index (κ1) is 9.95. The molecular weight excluding hydrogens is 212 g/mol. The molecule has 0 amide bonds. The Balaban J connectivity index is 3.32. The van der Waals surface area contributed by atoms with Crippen LogP contribution in [0.25, 0.3) is 11.6 Å². The average Bonchev–Trinajstić information content (AvgIpc) is 2.26. The zero-order valence-electron chi connectivity index (χ0n) is 7.91. The molecule has 2 aromatic rings. The molecule has 2 aromatic heterocycles. The third-order valence-electron chi connectivity index (χ3n) is 2.07. The first-order chi connectivity index (χ1) is 7.65. The van der Waals surface area contributed by atoms with E-state index < -0.39 is 16.7 Å². The summed E-state index contributed by atoms with van der Waals surface area (Å²) in [5.74, 6) is 0.251. The zero-order valence-corrected chi connectivity index (χ0v) is 7.91. The molecule has 0 fully saturated rings. The minimum atomic E-state index is -1.24. The SMILES string of the molecule is O=C=c1c(=C(O)O)c(=O)nc2ccccn12. The Morgan fingerprint density at radius 1 is 1.38 bits per heavy atom. The Morgan fingerprint density at radius 3 is 2.75 bits per heavy atom. The summed E-state index contributed by atoms with van der Waals surface area (Å²) < 4.78 is 1.25. The van der Waals surface area contributed by atoms with Crippen LogP contribution in [0.3, 0.4) is 0 Å². The van der Waals surface area contributed by atoms with E-state index in [1.165, 1.54) is 22.6 Å². The molecule has 6 heteroatoms. The first-order valence-corrected chi connectivity index (χ1v) is 4.30. The molecule has 0 unspecified atom stereocenters. The molecular formula is C10H6N2O4. The molecule has 80 valence electrons. The van der Waals surface area contributed by atoms with Crippen molar-refractivity contribution in [1.29, 1.82) is 0 Å². The summed E-state index contributed by atoms with van der Waals surface area (Å²) in [6.07, 6.45) is 1.47. The van der Waals surface area contributed by atoms with Gasteiger partial charge in [0.05, 0.1) is 0 Å². The lowest BCUT2D eigenvalue weighted by Crippen LogP contribution is -2.47. The second kappa shape index (κ2) is 3.52. The summed E-state index contributed by atoms with van der Waals surface area (Å²) in [4.78, 5) is 25.8. The van der Waals surface area contributed by atoms with Crippen molar-refractivity contribution in [2.75, 3.05) is 0 Å². The van der Waals surface area contributed by atoms with Gasteiger partial charge < -0.3 is 10.2 Å². The fourth-order valence-corrected chi connectivity index (χ4v) is 1.40. The highest BCUT2D eigenvalue weighted by Gasteiger charge is 2.05. The van der Waals surface area contributed by atoms with Gasteiger partial charge in [-0.05, 0) is 12.1 Å². The van der Waals surface area contributed by atoms with Gasteiger partial charge in [0, 0.05) is 6.20 Å². The molecule has 2 N–H and O–H groups in total. The molecule has 0 aliphatic rings. The minimum absolute atomic E-state index is 0.232. The van der Waals surface area contributed by atoms with Gasteiger partial charge in [0.2, 0.25) is 0 Å². The van der Waals surface area contributed by atoms with Gasteiger partial charge in [-0.3, -0.25) is 9.20 Å². The molecule has 0 spiro atoms. The number of aliphatic hydroxyl groups is 2. The van der Waals surface area contributed by atoms with E-state index in [-0.39, 0.29) is 11.0 Å². The molecule has 6 nitrogen and oxygen atoms in total. The number of hydrogen-bond acceptors (Lipinski definition) is 5. The van der Waals surface area contributed by atoms with Crippen LogP contribution in [0.5, 0.6) is 0 Å². The highest BCUT2D eigenvalue weighted by molar-refractivity contribution is 5.49. The number of nitrogens with zero attached hydrogens (tertiary/aromatic N) is 2. The van der Waals surface area contributed by atoms with Crippen molar-refractivity contribution in [3.63, 3.8) is 0 Å². The number of rotatable bonds is 0. The summed E-state index contributed by atoms with van der Waals surface area (Å²) in [5.41, 5.74) is -0.652. The zero-order chi connectivity index (χ0) is 11.7. The van der Waals surface area contributed by atoms with Gasteiger partial charge in [-0.15, -0.1) is 0 Å². The molecule has 0 atom stereocenters. The first-order valence-electron chi connectivity index (χ1n) is 4.30. The Morgan fingerprint density at radius 2 is 2.12 bits per heavy atom. The van der Waals surface area contributed by atoms with Gasteiger partial charge in [0.25, 0.3) is 11.5 Å². The van der Waals surface area contributed by atoms with Crippen LogP contribution in [0.15, 0.2) is 29.2 Å². The molecule has 16 heavy (non-hydrogen) atoms. The summed E-state index contributed by atoms with van der Waals surface area (Å²) in [5, 5.41) is 17.0. The quantitative estimate of drug-likeness (QED) is 0.554. The van der Waals surface area contributed by atoms with Gasteiger partial charge in [-0.1, -0.05) is 6.07 Å². The molecule has 0 aliphatic heterocycles. The maximum atomic E-state index is 11.4. The van der Waals surface area contributed by atoms with Crippen LogP contribution in [0.4, 0.5) is 0 Å². The number of aromatic nitrogens is 2. The monoisotopic (exact) mass is 218 g/mol. The Hall–Kier alpha value is -2.59. The maximum absolute atomic E-state index is 11.4. The van der Waals surface area contributed by atoms with E-state index in [1.807, 2.05) is 0 Å². The summed E-state index contributed by atoms with van der Waals surface area (Å²) in [6.45, 7) is 0. The normalized spacial score (nSPS) is 10.0. The van der Waals surface area contributed by atoms with E-state index in [2.05, 4.69) is 4.98 Å². The number of aliphatic hydroxyl groups excluding tert-OH is 1. The molecule has 0 bridgehead atoms. The molecule has 0 aliphatic carbocycles. The van der Waals surface area contributed by atoms with Crippen LogP contribution in [0.1, 0.15) is 0 Å². The largest absolute Gasteiger partial charge is 0.480 e. The van der Waals surface area contributed by atoms with Crippen LogP contribution >= 0.6 is 0 Å². The Bertz CT molecular complexity index is 752. The van der Waals surface area contributed by atoms with Crippen LogP contribution in [0.2, 0.25) is 0 Å². The van der Waals surface area contributed by atoms with E-state index in [0.29, 0.717) is 0 Å². The Labute approximate surface area is 88.0 Å². The van der Waals surface area contributed by atoms with E-state index >= 15 is 0 Å². The predicted octanol–water partition coefficient (Wildman–Crippen LogP) is -1.62. The van der Waals surface area contributed by atoms with Crippen LogP contribution in [0, 0.1) is 0 Å². The van der Waals surface area contributed by atoms with Gasteiger partial charge in [-0.25, -0.2) is 4.79 Å². The highest BCUT2D eigenvalue weighted by Crippen LogP contribution is 1.89. The molecule has 0 saturated heterocycles. The van der Waals surface area contributed by atoms with E-state index in [1.54, 1.807) is 12.1 Å². The van der Waals surface area contributed by atoms with Gasteiger partial charge in [-0.2, -0.15) is 4.98 Å². The lowest BCUT2D eigenvalue weighted by molar-refractivity contribution is 0.297. The molecule has 0 radical (unpaired) electrons. The third kappa shape index (κ3) is 1.34. The number of hydrogen-bond donors (Lipinski definition) is 2. The van der Waals surface area contributed by atoms with Crippen molar-refractivity contribution >= 4 is 17.5 Å². The van der Waals surface area contributed by atoms with Gasteiger partial charge >= 0.3 is 0 Å². The number of fused-ring (bicyclic) bond motifs is 1. The van der Waals surface area contributed by atoms with Crippen molar-refractivity contribution < 1.29 is 15.0 Å². The standard InChI is InChI=1S/C10H6N2O4/c13-5-6-8(10(15)16)9(14)11-7-3-1-2-4-12(6)7/h1-4,15-16H. The fraction of sp³-hybridized carbons (Fsp3) is 0. The topological polar surface area (TPSA) is 91.9 Å². The fourth-order valence-electron chi connectivity index (χ4n) is 1.40. The van der Waals surface area contributed by atoms with Crippen molar-refractivity contribution in [1.82, 2.24) is 9.38 Å². The van der Waals surface area contributed by atoms with Crippen LogP contribution < -0.4 is 16.1 Å². The Kier molecular flexibility index (Phi) is 2.19. The van der Waals surface area contributed by atoms with Gasteiger partial charge in [0.1, 0.15) is 5.65 Å². The van der Waals surface area contributed by atoms with E-state index in [4.69, 9.17) is 10.2 Å². The maximum Gasteiger partial charge on any atom is 0.290 e. The summed E-state index contributed by atoms with van der Waals surface area (Å²) in [7, 11) is 0.